The highest BCUT2D eigenvalue weighted by Gasteiger charge is 2.15. The van der Waals surface area contributed by atoms with Gasteiger partial charge in [-0.2, -0.15) is 5.10 Å². The molecule has 36 heavy (non-hydrogen) atoms. The molecule has 1 heterocycles. The van der Waals surface area contributed by atoms with Gasteiger partial charge in [-0.1, -0.05) is 29.8 Å². The van der Waals surface area contributed by atoms with Crippen LogP contribution in [0.5, 0.6) is 11.5 Å². The van der Waals surface area contributed by atoms with Gasteiger partial charge in [-0.25, -0.2) is 5.43 Å². The molecule has 0 saturated heterocycles. The molecule has 0 fully saturated rings. The maximum atomic E-state index is 12.5. The molecule has 0 aliphatic carbocycles. The number of hydrogen-bond donors (Lipinski definition) is 1. The van der Waals surface area contributed by atoms with Crippen LogP contribution in [-0.4, -0.2) is 23.7 Å². The van der Waals surface area contributed by atoms with Crippen LogP contribution in [-0.2, 0) is 6.61 Å². The fraction of sp³-hybridized carbons (Fsp3) is 0.154. The van der Waals surface area contributed by atoms with E-state index in [0.717, 1.165) is 11.1 Å². The molecule has 0 saturated carbocycles. The number of nitro benzene ring substituents is 1. The summed E-state index contributed by atoms with van der Waals surface area (Å²) in [6.07, 6.45) is 1.46. The second-order valence-electron chi connectivity index (χ2n) is 7.83. The summed E-state index contributed by atoms with van der Waals surface area (Å²) in [5.41, 5.74) is 5.52. The quantitative estimate of drug-likeness (QED) is 0.151. The number of nitrogens with one attached hydrogen (secondary N) is 1. The maximum Gasteiger partial charge on any atom is 0.307 e. The van der Waals surface area contributed by atoms with Crippen LogP contribution in [0.2, 0.25) is 0 Å². The summed E-state index contributed by atoms with van der Waals surface area (Å²) in [7, 11) is 0. The Hall–Kier alpha value is -4.18. The lowest BCUT2D eigenvalue weighted by molar-refractivity contribution is -0.384. The molecule has 4 rings (SSSR count). The van der Waals surface area contributed by atoms with Gasteiger partial charge in [0.05, 0.1) is 22.2 Å². The number of nitro groups is 1. The summed E-state index contributed by atoms with van der Waals surface area (Å²) in [5, 5.41) is 15.4. The molecule has 1 N–H and O–H groups in total. The number of rotatable bonds is 9. The minimum absolute atomic E-state index is 0.0151. The number of carbonyl (C=O) groups is 1. The summed E-state index contributed by atoms with van der Waals surface area (Å²) >= 11 is 3.53. The maximum absolute atomic E-state index is 12.5. The topological polar surface area (TPSA) is 116 Å². The van der Waals surface area contributed by atoms with Crippen molar-refractivity contribution in [2.75, 3.05) is 6.61 Å². The number of aryl methyl sites for hydroxylation is 1. The molecule has 4 aromatic rings. The Bertz CT molecular complexity index is 1460. The normalized spacial score (nSPS) is 11.1. The highest BCUT2D eigenvalue weighted by atomic mass is 79.9. The van der Waals surface area contributed by atoms with E-state index in [1.807, 2.05) is 32.0 Å². The van der Waals surface area contributed by atoms with Crippen molar-refractivity contribution in [1.82, 2.24) is 5.43 Å². The number of nitrogens with zero attached hydrogens (tertiary/aromatic N) is 2. The molecule has 0 aliphatic heterocycles. The number of hydrazone groups is 1. The molecule has 3 aromatic carbocycles. The first-order valence-electron chi connectivity index (χ1n) is 11.0. The van der Waals surface area contributed by atoms with Crippen molar-refractivity contribution in [3.63, 3.8) is 0 Å². The SMILES string of the molecule is CCOc1cc(/C=N/NC(=O)c2cc3cc([N+](=O)[O-])ccc3o2)cc(Br)c1OCc1cccc(C)c1. The van der Waals surface area contributed by atoms with E-state index in [1.54, 1.807) is 12.1 Å². The molecule has 9 nitrogen and oxygen atoms in total. The molecule has 1 amide bonds. The highest BCUT2D eigenvalue weighted by molar-refractivity contribution is 9.10. The Kier molecular flexibility index (Phi) is 7.65. The molecule has 1 aromatic heterocycles. The number of amides is 1. The van der Waals surface area contributed by atoms with Gasteiger partial charge in [0, 0.05) is 17.5 Å². The molecule has 0 spiro atoms. The summed E-state index contributed by atoms with van der Waals surface area (Å²) in [6, 6.07) is 17.1. The van der Waals surface area contributed by atoms with E-state index in [2.05, 4.69) is 32.5 Å². The fourth-order valence-corrected chi connectivity index (χ4v) is 4.07. The first-order chi connectivity index (χ1) is 17.3. The van der Waals surface area contributed by atoms with Crippen LogP contribution in [0.1, 0.15) is 34.2 Å². The number of ether oxygens (including phenoxy) is 2. The summed E-state index contributed by atoms with van der Waals surface area (Å²) in [6.45, 7) is 4.72. The molecule has 0 radical (unpaired) electrons. The van der Waals surface area contributed by atoms with Crippen LogP contribution in [0.3, 0.4) is 0 Å². The van der Waals surface area contributed by atoms with Crippen molar-refractivity contribution >= 4 is 44.7 Å². The third-order valence-electron chi connectivity index (χ3n) is 5.11. The van der Waals surface area contributed by atoms with Gasteiger partial charge in [0.1, 0.15) is 12.2 Å². The van der Waals surface area contributed by atoms with Gasteiger partial charge < -0.3 is 13.9 Å². The number of fused-ring (bicyclic) bond motifs is 1. The molecular weight excluding hydrogens is 530 g/mol. The van der Waals surface area contributed by atoms with Gasteiger partial charge in [-0.3, -0.25) is 14.9 Å². The second kappa shape index (κ2) is 11.0. The lowest BCUT2D eigenvalue weighted by Crippen LogP contribution is -2.16. The van der Waals surface area contributed by atoms with E-state index in [4.69, 9.17) is 13.9 Å². The Morgan fingerprint density at radius 1 is 1.17 bits per heavy atom. The monoisotopic (exact) mass is 551 g/mol. The number of furan rings is 1. The van der Waals surface area contributed by atoms with Gasteiger partial charge in [0.15, 0.2) is 17.3 Å². The Balaban J connectivity index is 1.46. The van der Waals surface area contributed by atoms with Crippen molar-refractivity contribution < 1.29 is 23.6 Å². The number of hydrogen-bond acceptors (Lipinski definition) is 7. The summed E-state index contributed by atoms with van der Waals surface area (Å²) in [5.74, 6) is 0.494. The first kappa shape index (κ1) is 24.9. The second-order valence-corrected chi connectivity index (χ2v) is 8.68. The Morgan fingerprint density at radius 2 is 2.00 bits per heavy atom. The van der Waals surface area contributed by atoms with E-state index in [0.29, 0.717) is 45.7 Å². The first-order valence-corrected chi connectivity index (χ1v) is 11.8. The molecule has 0 aliphatic rings. The van der Waals surface area contributed by atoms with Gasteiger partial charge in [-0.15, -0.1) is 0 Å². The Labute approximate surface area is 215 Å². The zero-order chi connectivity index (χ0) is 25.7. The lowest BCUT2D eigenvalue weighted by Gasteiger charge is -2.15. The van der Waals surface area contributed by atoms with Crippen molar-refractivity contribution in [1.29, 1.82) is 0 Å². The number of halogens is 1. The zero-order valence-electron chi connectivity index (χ0n) is 19.5. The van der Waals surface area contributed by atoms with E-state index >= 15 is 0 Å². The number of benzene rings is 3. The predicted octanol–water partition coefficient (Wildman–Crippen LogP) is 6.15. The van der Waals surface area contributed by atoms with Gasteiger partial charge in [0.2, 0.25) is 0 Å². The average molecular weight is 552 g/mol. The van der Waals surface area contributed by atoms with Crippen molar-refractivity contribution in [2.24, 2.45) is 5.10 Å². The van der Waals surface area contributed by atoms with E-state index in [-0.39, 0.29) is 11.4 Å². The van der Waals surface area contributed by atoms with Crippen molar-refractivity contribution in [3.05, 3.63) is 97.7 Å². The van der Waals surface area contributed by atoms with Gasteiger partial charge >= 0.3 is 5.91 Å². The van der Waals surface area contributed by atoms with Crippen LogP contribution >= 0.6 is 15.9 Å². The largest absolute Gasteiger partial charge is 0.490 e. The van der Waals surface area contributed by atoms with Gasteiger partial charge in [-0.05, 0) is 65.2 Å². The van der Waals surface area contributed by atoms with Crippen LogP contribution in [0.25, 0.3) is 11.0 Å². The molecule has 184 valence electrons. The molecule has 10 heteroatoms. The van der Waals surface area contributed by atoms with Crippen LogP contribution in [0, 0.1) is 17.0 Å². The fourth-order valence-electron chi connectivity index (χ4n) is 3.50. The van der Waals surface area contributed by atoms with Crippen LogP contribution in [0.4, 0.5) is 5.69 Å². The van der Waals surface area contributed by atoms with Crippen LogP contribution in [0.15, 0.2) is 74.7 Å². The predicted molar refractivity (Wildman–Crippen MR) is 139 cm³/mol. The standard InChI is InChI=1S/C26H22BrN3O6/c1-3-34-23-11-18(10-21(27)25(23)35-15-17-6-4-5-16(2)9-17)14-28-29-26(31)24-13-19-12-20(30(32)33)7-8-22(19)36-24/h4-14H,3,15H2,1-2H3,(H,29,31)/b28-14+. The molecular formula is C26H22BrN3O6. The average Bonchev–Trinajstić information content (AvgIpc) is 3.27. The zero-order valence-corrected chi connectivity index (χ0v) is 21.1. The lowest BCUT2D eigenvalue weighted by atomic mass is 10.1. The third-order valence-corrected chi connectivity index (χ3v) is 5.70. The minimum Gasteiger partial charge on any atom is -0.490 e. The summed E-state index contributed by atoms with van der Waals surface area (Å²) in [4.78, 5) is 22.9. The number of carbonyl (C=O) groups excluding carboxylic acids is 1. The number of non-ortho nitro benzene ring substituents is 1. The minimum atomic E-state index is -0.590. The van der Waals surface area contributed by atoms with Gasteiger partial charge in [0.25, 0.3) is 5.69 Å². The van der Waals surface area contributed by atoms with E-state index < -0.39 is 10.8 Å². The smallest absolute Gasteiger partial charge is 0.307 e. The third kappa shape index (κ3) is 5.89. The van der Waals surface area contributed by atoms with Crippen molar-refractivity contribution in [2.45, 2.75) is 20.5 Å². The molecule has 0 bridgehead atoms. The molecule has 0 unspecified atom stereocenters. The molecule has 0 atom stereocenters. The Morgan fingerprint density at radius 3 is 2.75 bits per heavy atom. The summed E-state index contributed by atoms with van der Waals surface area (Å²) < 4.78 is 17.9. The van der Waals surface area contributed by atoms with Crippen molar-refractivity contribution in [3.8, 4) is 11.5 Å². The van der Waals surface area contributed by atoms with E-state index in [1.165, 1.54) is 30.5 Å². The van der Waals surface area contributed by atoms with E-state index in [9.17, 15) is 14.9 Å². The van der Waals surface area contributed by atoms with Crippen LogP contribution < -0.4 is 14.9 Å². The highest BCUT2D eigenvalue weighted by Crippen LogP contribution is 2.37.